The number of hydrogen-bond donors (Lipinski definition) is 0. The van der Waals surface area contributed by atoms with Gasteiger partial charge in [-0.25, -0.2) is 4.98 Å². The van der Waals surface area contributed by atoms with Gasteiger partial charge in [0.2, 0.25) is 12.3 Å². The molecule has 0 bridgehead atoms. The van der Waals surface area contributed by atoms with E-state index in [9.17, 15) is 4.79 Å². The summed E-state index contributed by atoms with van der Waals surface area (Å²) >= 11 is 0. The van der Waals surface area contributed by atoms with Crippen LogP contribution >= 0.6 is 0 Å². The minimum Gasteiger partial charge on any atom is -0.404 e. The molecule has 0 amide bonds. The van der Waals surface area contributed by atoms with Crippen molar-refractivity contribution in [3.8, 4) is 22.8 Å². The summed E-state index contributed by atoms with van der Waals surface area (Å²) in [6.45, 7) is 0.192. The van der Waals surface area contributed by atoms with Crippen LogP contribution < -0.4 is 9.30 Å². The zero-order valence-electron chi connectivity index (χ0n) is 14.1. The van der Waals surface area contributed by atoms with Crippen molar-refractivity contribution in [3.05, 3.63) is 97.0 Å². The highest BCUT2D eigenvalue weighted by molar-refractivity contribution is 5.94. The Morgan fingerprint density at radius 2 is 1.58 bits per heavy atom. The van der Waals surface area contributed by atoms with Gasteiger partial charge in [-0.15, -0.1) is 0 Å². The van der Waals surface area contributed by atoms with Crippen LogP contribution in [0, 0.1) is 0 Å². The molecular weight excluding hydrogens is 324 g/mol. The van der Waals surface area contributed by atoms with Gasteiger partial charge in [-0.05, 0) is 23.3 Å². The van der Waals surface area contributed by atoms with Crippen LogP contribution in [0.25, 0.3) is 11.1 Å². The Hall–Kier alpha value is -3.53. The van der Waals surface area contributed by atoms with E-state index in [4.69, 9.17) is 4.74 Å². The molecule has 0 atom stereocenters. The molecule has 2 aliphatic carbocycles. The monoisotopic (exact) mass is 341 g/mol. The van der Waals surface area contributed by atoms with Gasteiger partial charge in [0.1, 0.15) is 11.9 Å². The van der Waals surface area contributed by atoms with Crippen molar-refractivity contribution in [2.24, 2.45) is 0 Å². The molecule has 0 spiro atoms. The number of Topliss-reactive ketones (excluding diaryl/α,β-unsaturated/α-hetero) is 1. The molecule has 2 aromatic rings. The summed E-state index contributed by atoms with van der Waals surface area (Å²) in [6.07, 6.45) is 5.02. The number of ketones is 1. The maximum absolute atomic E-state index is 12.5. The Bertz CT molecular complexity index is 984. The molecule has 0 unspecified atom stereocenters. The van der Waals surface area contributed by atoms with Crippen molar-refractivity contribution in [3.63, 3.8) is 0 Å². The third-order valence-corrected chi connectivity index (χ3v) is 4.14. The summed E-state index contributed by atoms with van der Waals surface area (Å²) in [4.78, 5) is 16.6. The fourth-order valence-electron chi connectivity index (χ4n) is 2.82. The number of rotatable bonds is 5. The molecule has 26 heavy (non-hydrogen) atoms. The lowest BCUT2D eigenvalue weighted by Crippen LogP contribution is -2.39. The molecule has 0 aliphatic heterocycles. The van der Waals surface area contributed by atoms with E-state index in [2.05, 4.69) is 4.98 Å². The first-order valence-electron chi connectivity index (χ1n) is 8.38. The predicted molar refractivity (Wildman–Crippen MR) is 98.3 cm³/mol. The van der Waals surface area contributed by atoms with Gasteiger partial charge in [0.15, 0.2) is 6.20 Å². The zero-order chi connectivity index (χ0) is 17.8. The molecule has 126 valence electrons. The van der Waals surface area contributed by atoms with Crippen molar-refractivity contribution < 1.29 is 14.1 Å². The molecule has 0 saturated carbocycles. The van der Waals surface area contributed by atoms with E-state index in [1.807, 2.05) is 72.8 Å². The first kappa shape index (κ1) is 16.0. The standard InChI is InChI=1S/C22H17N2O2/c25-21(17-7-3-1-4-8-17)16-24-12-11-23-15-22(24)26-20-13-18-9-5-2-6-10-19(18)14-20/h1-15H,16H2/q+1. The van der Waals surface area contributed by atoms with Crippen LogP contribution in [0.15, 0.2) is 91.4 Å². The molecule has 0 saturated heterocycles. The summed E-state index contributed by atoms with van der Waals surface area (Å²) < 4.78 is 7.77. The number of aromatic nitrogens is 2. The Kier molecular flexibility index (Phi) is 4.39. The van der Waals surface area contributed by atoms with Gasteiger partial charge < -0.3 is 4.74 Å². The summed E-state index contributed by atoms with van der Waals surface area (Å²) in [5, 5.41) is 0. The number of carbonyl (C=O) groups excluding carboxylic acids is 1. The van der Waals surface area contributed by atoms with E-state index in [0.29, 0.717) is 11.4 Å². The molecule has 1 aromatic carbocycles. The highest BCUT2D eigenvalue weighted by atomic mass is 16.5. The Balaban J connectivity index is 1.60. The SMILES string of the molecule is O=C(C[n+]1ccncc1Oc1cc2cccccc-2c1)c1ccccc1. The van der Waals surface area contributed by atoms with Crippen LogP contribution in [0.5, 0.6) is 11.6 Å². The van der Waals surface area contributed by atoms with Crippen LogP contribution in [-0.2, 0) is 6.54 Å². The number of fused-ring (bicyclic) bond motifs is 1. The van der Waals surface area contributed by atoms with Crippen LogP contribution in [0.1, 0.15) is 10.4 Å². The summed E-state index contributed by atoms with van der Waals surface area (Å²) in [5.41, 5.74) is 2.87. The largest absolute Gasteiger partial charge is 0.404 e. The van der Waals surface area contributed by atoms with Crippen molar-refractivity contribution in [2.75, 3.05) is 0 Å². The van der Waals surface area contributed by atoms with Gasteiger partial charge in [0, 0.05) is 5.56 Å². The molecule has 1 aromatic heterocycles. The summed E-state index contributed by atoms with van der Waals surface area (Å²) in [7, 11) is 0. The van der Waals surface area contributed by atoms with Gasteiger partial charge in [-0.2, -0.15) is 4.57 Å². The van der Waals surface area contributed by atoms with Gasteiger partial charge in [-0.3, -0.25) is 4.79 Å². The average molecular weight is 341 g/mol. The number of ether oxygens (including phenoxy) is 1. The van der Waals surface area contributed by atoms with Gasteiger partial charge >= 0.3 is 5.88 Å². The van der Waals surface area contributed by atoms with Crippen LogP contribution in [-0.4, -0.2) is 10.8 Å². The third-order valence-electron chi connectivity index (χ3n) is 4.14. The molecule has 4 nitrogen and oxygen atoms in total. The normalized spacial score (nSPS) is 10.6. The molecule has 1 heterocycles. The van der Waals surface area contributed by atoms with Crippen LogP contribution in [0.4, 0.5) is 0 Å². The van der Waals surface area contributed by atoms with Crippen LogP contribution in [0.3, 0.4) is 0 Å². The van der Waals surface area contributed by atoms with E-state index in [-0.39, 0.29) is 12.3 Å². The predicted octanol–water partition coefficient (Wildman–Crippen LogP) is 4.15. The first-order valence-corrected chi connectivity index (χ1v) is 8.38. The van der Waals surface area contributed by atoms with E-state index in [1.54, 1.807) is 23.2 Å². The Morgan fingerprint density at radius 3 is 2.27 bits per heavy atom. The van der Waals surface area contributed by atoms with Crippen molar-refractivity contribution >= 4 is 5.78 Å². The molecule has 2 aliphatic rings. The topological polar surface area (TPSA) is 43.1 Å². The third kappa shape index (κ3) is 3.44. The highest BCUT2D eigenvalue weighted by Gasteiger charge is 2.19. The minimum absolute atomic E-state index is 0.0198. The van der Waals surface area contributed by atoms with Crippen molar-refractivity contribution in [1.29, 1.82) is 0 Å². The number of nitrogens with zero attached hydrogens (tertiary/aromatic N) is 2. The molecule has 4 rings (SSSR count). The lowest BCUT2D eigenvalue weighted by Gasteiger charge is -2.03. The van der Waals surface area contributed by atoms with E-state index < -0.39 is 0 Å². The summed E-state index contributed by atoms with van der Waals surface area (Å²) in [5.74, 6) is 1.27. The van der Waals surface area contributed by atoms with Crippen molar-refractivity contribution in [2.45, 2.75) is 6.54 Å². The smallest absolute Gasteiger partial charge is 0.392 e. The maximum atomic E-state index is 12.5. The van der Waals surface area contributed by atoms with Crippen LogP contribution in [0.2, 0.25) is 0 Å². The maximum Gasteiger partial charge on any atom is 0.392 e. The quantitative estimate of drug-likeness (QED) is 0.404. The molecule has 4 heteroatoms. The van der Waals surface area contributed by atoms with Gasteiger partial charge in [0.25, 0.3) is 0 Å². The number of hydrogen-bond acceptors (Lipinski definition) is 3. The second-order valence-corrected chi connectivity index (χ2v) is 5.95. The first-order chi connectivity index (χ1) is 12.8. The molecule has 0 N–H and O–H groups in total. The molecular formula is C22H17N2O2+. The molecule has 0 fully saturated rings. The second-order valence-electron chi connectivity index (χ2n) is 5.95. The van der Waals surface area contributed by atoms with E-state index in [0.717, 1.165) is 16.9 Å². The Morgan fingerprint density at radius 1 is 0.923 bits per heavy atom. The second kappa shape index (κ2) is 7.15. The van der Waals surface area contributed by atoms with E-state index >= 15 is 0 Å². The van der Waals surface area contributed by atoms with Crippen molar-refractivity contribution in [1.82, 2.24) is 4.98 Å². The highest BCUT2D eigenvalue weighted by Crippen LogP contribution is 2.31. The average Bonchev–Trinajstić information content (AvgIpc) is 2.92. The lowest BCUT2D eigenvalue weighted by atomic mass is 10.1. The zero-order valence-corrected chi connectivity index (χ0v) is 14.1. The fourth-order valence-corrected chi connectivity index (χ4v) is 2.82. The fraction of sp³-hybridized carbons (Fsp3) is 0.0455. The Labute approximate surface area is 151 Å². The summed E-state index contributed by atoms with van der Waals surface area (Å²) in [6, 6.07) is 23.3. The number of benzene rings is 1. The van der Waals surface area contributed by atoms with E-state index in [1.165, 1.54) is 0 Å². The molecule has 0 radical (unpaired) electrons. The van der Waals surface area contributed by atoms with Gasteiger partial charge in [0.05, 0.1) is 6.20 Å². The number of carbonyl (C=O) groups is 1. The lowest BCUT2D eigenvalue weighted by molar-refractivity contribution is -0.687. The van der Waals surface area contributed by atoms with Gasteiger partial charge in [-0.1, -0.05) is 60.7 Å². The minimum atomic E-state index is 0.0198.